The van der Waals surface area contributed by atoms with Crippen molar-refractivity contribution in [3.05, 3.63) is 27.7 Å². The monoisotopic (exact) mass is 1050 g/mol. The Morgan fingerprint density at radius 1 is 0.281 bits per heavy atom. The zero-order valence-corrected chi connectivity index (χ0v) is 40.1. The fourth-order valence-electron chi connectivity index (χ4n) is 3.12. The second-order valence-electron chi connectivity index (χ2n) is 12.7. The second kappa shape index (κ2) is 45.1. The molecule has 0 N–H and O–H groups in total. The summed E-state index contributed by atoms with van der Waals surface area (Å²) in [6.07, 6.45) is 31.9. The molecular formula is C36H68F12O12S4. The Kier molecular flexibility index (Phi) is 55.9. The Balaban J connectivity index is -0.0000000933. The maximum Gasteiger partial charge on any atom is 0.485 e. The Morgan fingerprint density at radius 2 is 0.375 bits per heavy atom. The number of halogens is 12. The van der Waals surface area contributed by atoms with Crippen molar-refractivity contribution in [1.29, 1.82) is 0 Å². The molecule has 64 heavy (non-hydrogen) atoms. The fourth-order valence-corrected chi connectivity index (χ4v) is 3.12. The molecule has 0 spiro atoms. The molecule has 0 aliphatic carbocycles. The summed E-state index contributed by atoms with van der Waals surface area (Å²) in [6.45, 7) is 24.1. The van der Waals surface area contributed by atoms with E-state index in [0.29, 0.717) is 0 Å². The van der Waals surface area contributed by atoms with E-state index in [4.69, 9.17) is 51.9 Å². The van der Waals surface area contributed by atoms with Gasteiger partial charge in [-0.25, -0.2) is 33.7 Å². The molecule has 0 fully saturated rings. The third-order valence-electron chi connectivity index (χ3n) is 6.55. The van der Waals surface area contributed by atoms with E-state index in [-0.39, 0.29) is 0 Å². The molecule has 12 nitrogen and oxygen atoms in total. The van der Waals surface area contributed by atoms with Gasteiger partial charge in [-0.2, -0.15) is 52.7 Å². The number of hydrogen-bond acceptors (Lipinski definition) is 12. The van der Waals surface area contributed by atoms with Crippen LogP contribution >= 0.6 is 0 Å². The van der Waals surface area contributed by atoms with Crippen molar-refractivity contribution in [1.82, 2.24) is 0 Å². The molecule has 0 aromatic rings. The molecule has 28 heteroatoms. The van der Waals surface area contributed by atoms with Crippen molar-refractivity contribution >= 4 is 40.5 Å². The van der Waals surface area contributed by atoms with Gasteiger partial charge in [0.25, 0.3) is 0 Å². The number of alkyl halides is 12. The summed E-state index contributed by atoms with van der Waals surface area (Å²) in [5, 5.41) is 0. The lowest BCUT2D eigenvalue weighted by atomic mass is 10.1. The molecule has 0 bridgehead atoms. The van der Waals surface area contributed by atoms with Gasteiger partial charge in [-0.15, -0.1) is 0 Å². The van der Waals surface area contributed by atoms with Crippen LogP contribution in [0.1, 0.15) is 182 Å². The third-order valence-corrected chi connectivity index (χ3v) is 8.82. The fraction of sp³-hybridized carbons (Fsp3) is 0.889. The maximum absolute atomic E-state index is 10.7. The predicted octanol–water partition coefficient (Wildman–Crippen LogP) is 12.9. The lowest BCUT2D eigenvalue weighted by Crippen LogP contribution is -2.21. The highest BCUT2D eigenvalue weighted by Gasteiger charge is 2.38. The predicted molar refractivity (Wildman–Crippen MR) is 218 cm³/mol. The van der Waals surface area contributed by atoms with Crippen molar-refractivity contribution in [2.45, 2.75) is 204 Å². The molecule has 0 amide bonds. The van der Waals surface area contributed by atoms with Crippen molar-refractivity contribution in [3.8, 4) is 0 Å². The zero-order valence-electron chi connectivity index (χ0n) is 36.9. The van der Waals surface area contributed by atoms with Crippen LogP contribution in [0.15, 0.2) is 0 Å². The first-order valence-electron chi connectivity index (χ1n) is 19.9. The standard InChI is InChI=1S/4C8H17.4CHF3O3S/c4*1-3-5-7-8-6-4-2;4*2-1(3,4)8(5,6)7/h4*1,3-8H2,2H3;4*(H,5,6,7)/q4*+1;;;;/p-4. The van der Waals surface area contributed by atoms with Crippen LogP contribution in [0.3, 0.4) is 0 Å². The summed E-state index contributed by atoms with van der Waals surface area (Å²) in [5.74, 6) is 0. The summed E-state index contributed by atoms with van der Waals surface area (Å²) >= 11 is 0. The molecule has 0 aromatic heterocycles. The van der Waals surface area contributed by atoms with Crippen molar-refractivity contribution in [3.63, 3.8) is 0 Å². The molecular weight excluding hydrogens is 981 g/mol. The van der Waals surface area contributed by atoms with Gasteiger partial charge in [-0.3, -0.25) is 0 Å². The van der Waals surface area contributed by atoms with E-state index in [1.54, 1.807) is 0 Å². The molecule has 0 aliphatic heterocycles. The molecule has 392 valence electrons. The van der Waals surface area contributed by atoms with Gasteiger partial charge in [0.15, 0.2) is 40.5 Å². The van der Waals surface area contributed by atoms with Crippen LogP contribution in [0.25, 0.3) is 0 Å². The Hall–Kier alpha value is -1.72. The Morgan fingerprint density at radius 3 is 0.438 bits per heavy atom. The van der Waals surface area contributed by atoms with Crippen LogP contribution in [0.2, 0.25) is 0 Å². The quantitative estimate of drug-likeness (QED) is 0.0364. The maximum atomic E-state index is 10.7. The number of rotatable bonds is 20. The summed E-state index contributed by atoms with van der Waals surface area (Å²) in [6, 6.07) is 0. The molecule has 0 heterocycles. The Labute approximate surface area is 375 Å². The highest BCUT2D eigenvalue weighted by Crippen LogP contribution is 2.22. The SMILES string of the molecule is O=S(=O)([O-])C(F)(F)F.O=S(=O)([O-])C(F)(F)F.O=S(=O)([O-])C(F)(F)F.O=S(=O)([O-])C(F)(F)F.[CH2+]CCCCCCC.[CH2+]CCCCCCC.[CH2+]CCCCCCC.[CH2+]CCCCCCC. The van der Waals surface area contributed by atoms with Crippen molar-refractivity contribution in [2.75, 3.05) is 0 Å². The summed E-state index contributed by atoms with van der Waals surface area (Å²) in [4.78, 5) is 0. The Bertz CT molecular complexity index is 1180. The minimum absolute atomic E-state index is 1.11. The lowest BCUT2D eigenvalue weighted by molar-refractivity contribution is -0.0522. The van der Waals surface area contributed by atoms with E-state index in [1.165, 1.54) is 128 Å². The second-order valence-corrected chi connectivity index (χ2v) is 18.2. The van der Waals surface area contributed by atoms with Gasteiger partial charge in [0, 0.05) is 0 Å². The van der Waals surface area contributed by atoms with E-state index in [2.05, 4.69) is 55.4 Å². The number of hydrogen-bond donors (Lipinski definition) is 0. The third kappa shape index (κ3) is 71.9. The first kappa shape index (κ1) is 79.4. The van der Waals surface area contributed by atoms with Gasteiger partial charge in [0.05, 0.1) is 53.4 Å². The van der Waals surface area contributed by atoms with E-state index >= 15 is 0 Å². The summed E-state index contributed by atoms with van der Waals surface area (Å²) in [5.41, 5.74) is -22.6. The largest absolute Gasteiger partial charge is 0.741 e. The van der Waals surface area contributed by atoms with Crippen LogP contribution in [-0.4, -0.2) is 73.9 Å². The van der Waals surface area contributed by atoms with Gasteiger partial charge in [0.2, 0.25) is 0 Å². The first-order chi connectivity index (χ1) is 28.7. The molecule has 0 saturated heterocycles. The molecule has 0 aliphatic rings. The minimum atomic E-state index is -6.09. The first-order valence-corrected chi connectivity index (χ1v) is 25.5. The molecule has 0 aromatic carbocycles. The van der Waals surface area contributed by atoms with Crippen LogP contribution in [0.4, 0.5) is 52.7 Å². The number of unbranched alkanes of at least 4 members (excludes halogenated alkanes) is 20. The van der Waals surface area contributed by atoms with Gasteiger partial charge in [-0.05, 0) is 51.4 Å². The van der Waals surface area contributed by atoms with E-state index < -0.39 is 62.5 Å². The van der Waals surface area contributed by atoms with E-state index in [1.807, 2.05) is 0 Å². The zero-order chi connectivity index (χ0) is 53.0. The molecule has 0 radical (unpaired) electrons. The van der Waals surface area contributed by atoms with Crippen LogP contribution in [0.5, 0.6) is 0 Å². The normalized spacial score (nSPS) is 11.8. The van der Waals surface area contributed by atoms with Crippen molar-refractivity contribution < 1.29 is 105 Å². The molecule has 0 unspecified atom stereocenters. The minimum Gasteiger partial charge on any atom is -0.741 e. The highest BCUT2D eigenvalue weighted by atomic mass is 32.2. The molecule has 0 rings (SSSR count). The van der Waals surface area contributed by atoms with Gasteiger partial charge < -0.3 is 18.2 Å². The smallest absolute Gasteiger partial charge is 0.485 e. The summed E-state index contributed by atoms with van der Waals surface area (Å²) < 4.78 is 236. The van der Waals surface area contributed by atoms with Crippen molar-refractivity contribution in [2.24, 2.45) is 0 Å². The molecule has 0 saturated carbocycles. The van der Waals surface area contributed by atoms with Crippen LogP contribution in [-0.2, 0) is 40.5 Å². The average Bonchev–Trinajstić information content (AvgIpc) is 3.11. The summed E-state index contributed by atoms with van der Waals surface area (Å²) in [7, 11) is -24.4. The highest BCUT2D eigenvalue weighted by molar-refractivity contribution is 7.87. The van der Waals surface area contributed by atoms with Gasteiger partial charge in [-0.1, -0.05) is 105 Å². The lowest BCUT2D eigenvalue weighted by Gasteiger charge is -2.08. The van der Waals surface area contributed by atoms with Gasteiger partial charge in [0.1, 0.15) is 0 Å². The van der Waals surface area contributed by atoms with Gasteiger partial charge >= 0.3 is 22.0 Å². The topological polar surface area (TPSA) is 229 Å². The van der Waals surface area contributed by atoms with Crippen LogP contribution in [0, 0.1) is 27.7 Å². The van der Waals surface area contributed by atoms with Crippen LogP contribution < -0.4 is 0 Å². The van der Waals surface area contributed by atoms with E-state index in [9.17, 15) is 52.7 Å². The average molecular weight is 1050 g/mol. The molecule has 0 atom stereocenters. The van der Waals surface area contributed by atoms with E-state index in [0.717, 1.165) is 25.7 Å².